The van der Waals surface area contributed by atoms with Gasteiger partial charge in [0.25, 0.3) is 0 Å². The fraction of sp³-hybridized carbons (Fsp3) is 0.444. The Labute approximate surface area is 234 Å². The quantitative estimate of drug-likeness (QED) is 0.216. The van der Waals surface area contributed by atoms with Crippen LogP contribution in [0.2, 0.25) is 0 Å². The Morgan fingerprint density at radius 1 is 1.11 bits per heavy atom. The maximum absolute atomic E-state index is 15.1. The molecule has 206 valence electrons. The van der Waals surface area contributed by atoms with Crippen molar-refractivity contribution in [2.75, 3.05) is 6.54 Å². The van der Waals surface area contributed by atoms with Gasteiger partial charge in [0.15, 0.2) is 23.0 Å². The average molecular weight is 592 g/mol. The summed E-state index contributed by atoms with van der Waals surface area (Å²) in [6.45, 7) is 5.06. The molecule has 2 aromatic carbocycles. The van der Waals surface area contributed by atoms with E-state index >= 15 is 8.78 Å². The summed E-state index contributed by atoms with van der Waals surface area (Å²) in [7, 11) is 0. The standard InChI is InChI=1S/C27H28Cl3F3N2O3/c1-4-14-25(17-9-6-5-7-10-17)26(37-22-20(32)13-12-19(31)21(22)33)15-8-11-18(16-34-25)35(26)23(36)38-24(2,3)27(28,29)30/h5-13,18,34H,4,14-16H2,1-3H3. The molecule has 11 heteroatoms. The van der Waals surface area contributed by atoms with Gasteiger partial charge in [0.1, 0.15) is 5.54 Å². The third kappa shape index (κ3) is 4.74. The van der Waals surface area contributed by atoms with E-state index in [1.807, 2.05) is 37.3 Å². The number of halogens is 6. The summed E-state index contributed by atoms with van der Waals surface area (Å²) < 4.78 is 54.4. The van der Waals surface area contributed by atoms with Crippen molar-refractivity contribution in [3.63, 3.8) is 0 Å². The summed E-state index contributed by atoms with van der Waals surface area (Å²) in [4.78, 5) is 15.2. The molecule has 2 aliphatic rings. The van der Waals surface area contributed by atoms with E-state index in [4.69, 9.17) is 44.3 Å². The van der Waals surface area contributed by atoms with E-state index in [-0.39, 0.29) is 13.0 Å². The van der Waals surface area contributed by atoms with Crippen LogP contribution in [0, 0.1) is 17.5 Å². The summed E-state index contributed by atoms with van der Waals surface area (Å²) in [5.41, 5.74) is -3.89. The molecular weight excluding hydrogens is 564 g/mol. The van der Waals surface area contributed by atoms with Crippen LogP contribution in [0.5, 0.6) is 5.75 Å². The molecule has 0 aliphatic carbocycles. The molecule has 4 rings (SSSR count). The van der Waals surface area contributed by atoms with Gasteiger partial charge in [0.05, 0.1) is 6.04 Å². The fourth-order valence-electron chi connectivity index (χ4n) is 5.20. The zero-order valence-corrected chi connectivity index (χ0v) is 23.3. The Morgan fingerprint density at radius 2 is 1.76 bits per heavy atom. The first kappa shape index (κ1) is 28.9. The van der Waals surface area contributed by atoms with Crippen LogP contribution in [0.4, 0.5) is 18.0 Å². The first-order valence-corrected chi connectivity index (χ1v) is 13.3. The van der Waals surface area contributed by atoms with Crippen LogP contribution in [-0.4, -0.2) is 38.7 Å². The number of ether oxygens (including phenoxy) is 2. The van der Waals surface area contributed by atoms with Gasteiger partial charge in [-0.1, -0.05) is 90.6 Å². The van der Waals surface area contributed by atoms with Crippen molar-refractivity contribution < 1.29 is 27.4 Å². The maximum atomic E-state index is 15.1. The predicted molar refractivity (Wildman–Crippen MR) is 141 cm³/mol. The smallest absolute Gasteiger partial charge is 0.414 e. The molecule has 1 saturated heterocycles. The Balaban J connectivity index is 1.97. The van der Waals surface area contributed by atoms with Gasteiger partial charge in [0.2, 0.25) is 15.3 Å². The van der Waals surface area contributed by atoms with Crippen molar-refractivity contribution >= 4 is 40.9 Å². The topological polar surface area (TPSA) is 50.8 Å². The van der Waals surface area contributed by atoms with E-state index in [1.54, 1.807) is 12.2 Å². The lowest BCUT2D eigenvalue weighted by Crippen LogP contribution is -2.80. The molecule has 2 aromatic rings. The van der Waals surface area contributed by atoms with Crippen molar-refractivity contribution in [3.8, 4) is 5.75 Å². The van der Waals surface area contributed by atoms with Gasteiger partial charge in [-0.15, -0.1) is 0 Å². The fourth-order valence-corrected chi connectivity index (χ4v) is 5.32. The number of hydrogen-bond donors (Lipinski definition) is 1. The summed E-state index contributed by atoms with van der Waals surface area (Å²) in [5, 5.41) is 3.50. The highest BCUT2D eigenvalue weighted by Gasteiger charge is 2.65. The van der Waals surface area contributed by atoms with E-state index in [9.17, 15) is 9.18 Å². The van der Waals surface area contributed by atoms with Crippen LogP contribution in [0.15, 0.2) is 54.6 Å². The number of carbonyl (C=O) groups excluding carboxylic acids is 1. The van der Waals surface area contributed by atoms with Crippen LogP contribution >= 0.6 is 34.8 Å². The largest absolute Gasteiger partial charge is 0.459 e. The molecule has 0 aromatic heterocycles. The predicted octanol–water partition coefficient (Wildman–Crippen LogP) is 7.39. The van der Waals surface area contributed by atoms with Crippen LogP contribution < -0.4 is 10.1 Å². The van der Waals surface area contributed by atoms with Gasteiger partial charge in [0, 0.05) is 13.0 Å². The van der Waals surface area contributed by atoms with Gasteiger partial charge >= 0.3 is 6.09 Å². The van der Waals surface area contributed by atoms with E-state index in [0.717, 1.165) is 6.07 Å². The second-order valence-electron chi connectivity index (χ2n) is 9.91. The van der Waals surface area contributed by atoms with Crippen molar-refractivity contribution in [1.82, 2.24) is 10.2 Å². The number of carbonyl (C=O) groups is 1. The lowest BCUT2D eigenvalue weighted by atomic mass is 9.70. The van der Waals surface area contributed by atoms with E-state index < -0.39 is 56.0 Å². The molecule has 5 nitrogen and oxygen atoms in total. The maximum Gasteiger partial charge on any atom is 0.414 e. The highest BCUT2D eigenvalue weighted by Crippen LogP contribution is 2.51. The highest BCUT2D eigenvalue weighted by molar-refractivity contribution is 6.68. The van der Waals surface area contributed by atoms with E-state index in [2.05, 4.69) is 5.32 Å². The molecule has 0 saturated carbocycles. The van der Waals surface area contributed by atoms with Crippen LogP contribution in [0.25, 0.3) is 0 Å². The van der Waals surface area contributed by atoms with Crippen LogP contribution in [-0.2, 0) is 10.3 Å². The minimum atomic E-state index is -1.99. The zero-order valence-electron chi connectivity index (χ0n) is 21.0. The second kappa shape index (κ2) is 10.5. The number of rotatable bonds is 6. The molecule has 2 heterocycles. The number of hydrogen-bond acceptors (Lipinski definition) is 4. The van der Waals surface area contributed by atoms with Crippen LogP contribution in [0.1, 0.15) is 45.6 Å². The third-order valence-corrected chi connectivity index (χ3v) is 8.51. The zero-order chi connectivity index (χ0) is 27.9. The molecule has 2 aliphatic heterocycles. The molecule has 1 amide bonds. The second-order valence-corrected chi connectivity index (χ2v) is 12.2. The normalized spacial score (nSPS) is 25.3. The first-order chi connectivity index (χ1) is 17.8. The van der Waals surface area contributed by atoms with Crippen LogP contribution in [0.3, 0.4) is 0 Å². The number of fused-ring (bicyclic) bond motifs is 2. The van der Waals surface area contributed by atoms with Crippen molar-refractivity contribution in [1.29, 1.82) is 0 Å². The van der Waals surface area contributed by atoms with Gasteiger partial charge in [-0.2, -0.15) is 4.39 Å². The lowest BCUT2D eigenvalue weighted by molar-refractivity contribution is -0.185. The Hall–Kier alpha value is -2.13. The molecule has 1 N–H and O–H groups in total. The van der Waals surface area contributed by atoms with Crippen molar-refractivity contribution in [2.24, 2.45) is 0 Å². The molecule has 0 spiro atoms. The molecule has 3 atom stereocenters. The first-order valence-electron chi connectivity index (χ1n) is 12.2. The van der Waals surface area contributed by atoms with Gasteiger partial charge in [-0.05, 0) is 38.0 Å². The number of nitrogens with zero attached hydrogens (tertiary/aromatic N) is 1. The Bertz CT molecular complexity index is 1230. The minimum Gasteiger partial charge on any atom is -0.459 e. The Kier molecular flexibility index (Phi) is 7.94. The average Bonchev–Trinajstić information content (AvgIpc) is 2.85. The third-order valence-electron chi connectivity index (χ3n) is 7.14. The van der Waals surface area contributed by atoms with Gasteiger partial charge < -0.3 is 14.8 Å². The molecular formula is C27H28Cl3F3N2O3. The monoisotopic (exact) mass is 590 g/mol. The highest BCUT2D eigenvalue weighted by atomic mass is 35.6. The van der Waals surface area contributed by atoms with Gasteiger partial charge in [-0.3, -0.25) is 4.90 Å². The summed E-state index contributed by atoms with van der Waals surface area (Å²) in [6.07, 6.45) is 3.58. The molecule has 0 radical (unpaired) electrons. The summed E-state index contributed by atoms with van der Waals surface area (Å²) in [6, 6.07) is 9.90. The molecule has 3 unspecified atom stereocenters. The molecule has 1 fully saturated rings. The summed E-state index contributed by atoms with van der Waals surface area (Å²) >= 11 is 18.3. The Morgan fingerprint density at radius 3 is 2.39 bits per heavy atom. The number of alkyl halides is 3. The molecule has 38 heavy (non-hydrogen) atoms. The van der Waals surface area contributed by atoms with E-state index in [0.29, 0.717) is 24.5 Å². The number of benzene rings is 2. The molecule has 2 bridgehead atoms. The SMILES string of the molecule is CCCC1(c2ccccc2)NCC2C=CCC1(Oc1c(F)ccc(F)c1F)N2C(=O)OC(C)(C)C(Cl)(Cl)Cl. The summed E-state index contributed by atoms with van der Waals surface area (Å²) in [5.74, 6) is -4.87. The number of piperazine rings is 1. The number of nitrogens with one attached hydrogen (secondary N) is 1. The van der Waals surface area contributed by atoms with Gasteiger partial charge in [-0.25, -0.2) is 13.6 Å². The minimum absolute atomic E-state index is 0.00984. The van der Waals surface area contributed by atoms with E-state index in [1.165, 1.54) is 18.7 Å². The number of amides is 1. The van der Waals surface area contributed by atoms with Crippen molar-refractivity contribution in [2.45, 2.75) is 66.7 Å². The lowest BCUT2D eigenvalue weighted by Gasteiger charge is -2.61. The van der Waals surface area contributed by atoms with Crippen molar-refractivity contribution in [3.05, 3.63) is 77.6 Å².